The minimum atomic E-state index is -3.44. The number of halogens is 1. The molecule has 0 unspecified atom stereocenters. The third-order valence-electron chi connectivity index (χ3n) is 6.08. The molecule has 0 aliphatic carbocycles. The van der Waals surface area contributed by atoms with E-state index in [2.05, 4.69) is 54.3 Å². The number of pyridine rings is 1. The summed E-state index contributed by atoms with van der Waals surface area (Å²) in [4.78, 5) is 20.0. The minimum Gasteiger partial charge on any atom is -0.371 e. The van der Waals surface area contributed by atoms with Gasteiger partial charge in [-0.15, -0.1) is 13.2 Å². The second-order valence-corrected chi connectivity index (χ2v) is 11.5. The number of carbonyl (C=O) groups is 1. The van der Waals surface area contributed by atoms with Crippen LogP contribution in [-0.4, -0.2) is 44.7 Å². The van der Waals surface area contributed by atoms with Crippen molar-refractivity contribution < 1.29 is 13.2 Å². The number of sulfonamides is 1. The Morgan fingerprint density at radius 1 is 1.19 bits per heavy atom. The molecule has 0 spiro atoms. The topological polar surface area (TPSA) is 103 Å². The van der Waals surface area contributed by atoms with Gasteiger partial charge in [0.15, 0.2) is 0 Å². The van der Waals surface area contributed by atoms with Crippen LogP contribution in [0.5, 0.6) is 0 Å². The first kappa shape index (κ1) is 27.7. The van der Waals surface area contributed by atoms with E-state index in [4.69, 9.17) is 0 Å². The van der Waals surface area contributed by atoms with Gasteiger partial charge in [0.2, 0.25) is 10.0 Å². The van der Waals surface area contributed by atoms with E-state index in [-0.39, 0.29) is 11.7 Å². The lowest BCUT2D eigenvalue weighted by Gasteiger charge is -2.34. The number of amides is 1. The molecule has 2 aromatic rings. The van der Waals surface area contributed by atoms with Crippen molar-refractivity contribution in [3.05, 3.63) is 65.7 Å². The van der Waals surface area contributed by atoms with Gasteiger partial charge in [0.1, 0.15) is 11.6 Å². The Morgan fingerprint density at radius 2 is 1.94 bits per heavy atom. The number of nitrogens with zero attached hydrogens (tertiary/aromatic N) is 2. The first-order chi connectivity index (χ1) is 17.3. The molecule has 2 heterocycles. The summed E-state index contributed by atoms with van der Waals surface area (Å²) in [6.45, 7) is 11.4. The van der Waals surface area contributed by atoms with Gasteiger partial charge >= 0.3 is 0 Å². The van der Waals surface area contributed by atoms with Crippen LogP contribution in [0.3, 0.4) is 0 Å². The predicted octanol–water partition coefficient (Wildman–Crippen LogP) is 5.64. The van der Waals surface area contributed by atoms with Gasteiger partial charge in [-0.3, -0.25) is 9.52 Å². The van der Waals surface area contributed by atoms with E-state index in [9.17, 15) is 13.2 Å². The molecule has 194 valence electrons. The molecule has 0 bridgehead atoms. The molecule has 0 radical (unpaired) electrons. The molecule has 0 atom stereocenters. The first-order valence-electron chi connectivity index (χ1n) is 12.1. The molecular weight excluding hydrogens is 542 g/mol. The van der Waals surface area contributed by atoms with Crippen LogP contribution in [0.1, 0.15) is 43.0 Å². The van der Waals surface area contributed by atoms with Crippen molar-refractivity contribution in [3.8, 4) is 0 Å². The van der Waals surface area contributed by atoms with Gasteiger partial charge in [-0.25, -0.2) is 13.4 Å². The number of allylic oxidation sites excluding steroid dienone is 1. The lowest BCUT2D eigenvalue weighted by Crippen LogP contribution is -2.35. The number of nitrogens with one attached hydrogen (secondary N) is 3. The van der Waals surface area contributed by atoms with Crippen molar-refractivity contribution >= 4 is 54.9 Å². The SMILES string of the molecule is C=CCCNc1nc(NC(=O)c2ccc(NS(=O)(=O)CC)cc2N2CCC(CC=C)CC2)ccc1Br. The molecule has 1 saturated heterocycles. The minimum absolute atomic E-state index is 0.0318. The largest absolute Gasteiger partial charge is 0.371 e. The van der Waals surface area contributed by atoms with Crippen LogP contribution in [0.15, 0.2) is 60.1 Å². The standard InChI is InChI=1S/C26H34BrN5O3S/c1-4-7-15-28-25-22(27)11-12-24(29-25)30-26(33)21-10-9-20(31-36(34,35)6-3)18-23(21)32-16-13-19(8-5-2)14-17-32/h4-5,9-12,18-19,31H,1-2,6-8,13-17H2,3H3,(H2,28,29,30,33). The number of benzene rings is 1. The van der Waals surface area contributed by atoms with Gasteiger partial charge in [-0.05, 0) is 84.8 Å². The van der Waals surface area contributed by atoms with E-state index in [1.54, 1.807) is 31.2 Å². The van der Waals surface area contributed by atoms with Crippen LogP contribution in [0.2, 0.25) is 0 Å². The molecule has 3 rings (SSSR count). The zero-order chi connectivity index (χ0) is 26.1. The fourth-order valence-corrected chi connectivity index (χ4v) is 5.05. The lowest BCUT2D eigenvalue weighted by atomic mass is 9.93. The molecular formula is C26H34BrN5O3S. The van der Waals surface area contributed by atoms with Gasteiger partial charge in [0.05, 0.1) is 27.2 Å². The highest BCUT2D eigenvalue weighted by Crippen LogP contribution is 2.31. The summed E-state index contributed by atoms with van der Waals surface area (Å²) in [6.07, 6.45) is 7.48. The van der Waals surface area contributed by atoms with Crippen molar-refractivity contribution in [2.75, 3.05) is 45.6 Å². The Hall–Kier alpha value is -2.85. The number of anilines is 4. The highest BCUT2D eigenvalue weighted by Gasteiger charge is 2.24. The summed E-state index contributed by atoms with van der Waals surface area (Å²) in [6, 6.07) is 8.58. The Morgan fingerprint density at radius 3 is 2.61 bits per heavy atom. The van der Waals surface area contributed by atoms with Crippen molar-refractivity contribution in [1.29, 1.82) is 0 Å². The molecule has 1 aliphatic rings. The summed E-state index contributed by atoms with van der Waals surface area (Å²) in [7, 11) is -3.44. The number of carbonyl (C=O) groups excluding carboxylic acids is 1. The third-order valence-corrected chi connectivity index (χ3v) is 8.03. The fraction of sp³-hybridized carbons (Fsp3) is 0.385. The molecule has 36 heavy (non-hydrogen) atoms. The average molecular weight is 577 g/mol. The second-order valence-electron chi connectivity index (χ2n) is 8.68. The van der Waals surface area contributed by atoms with Crippen LogP contribution in [-0.2, 0) is 10.0 Å². The van der Waals surface area contributed by atoms with E-state index in [0.29, 0.717) is 41.0 Å². The monoisotopic (exact) mass is 575 g/mol. The Bertz CT molecular complexity index is 1190. The third kappa shape index (κ3) is 7.57. The zero-order valence-corrected chi connectivity index (χ0v) is 23.0. The molecule has 1 aliphatic heterocycles. The van der Waals surface area contributed by atoms with E-state index in [1.165, 1.54) is 0 Å². The fourth-order valence-electron chi connectivity index (χ4n) is 4.06. The van der Waals surface area contributed by atoms with E-state index < -0.39 is 10.0 Å². The van der Waals surface area contributed by atoms with Crippen molar-refractivity contribution in [3.63, 3.8) is 0 Å². The van der Waals surface area contributed by atoms with E-state index in [0.717, 1.165) is 43.2 Å². The van der Waals surface area contributed by atoms with Crippen LogP contribution in [0, 0.1) is 5.92 Å². The van der Waals surface area contributed by atoms with Crippen LogP contribution >= 0.6 is 15.9 Å². The molecule has 1 aromatic heterocycles. The lowest BCUT2D eigenvalue weighted by molar-refractivity contribution is 0.102. The normalized spacial score (nSPS) is 14.2. The Labute approximate surface area is 222 Å². The second kappa shape index (κ2) is 12.9. The zero-order valence-electron chi connectivity index (χ0n) is 20.6. The summed E-state index contributed by atoms with van der Waals surface area (Å²) < 4.78 is 27.7. The van der Waals surface area contributed by atoms with Crippen LogP contribution < -0.4 is 20.3 Å². The van der Waals surface area contributed by atoms with Crippen LogP contribution in [0.25, 0.3) is 0 Å². The number of aromatic nitrogens is 1. The molecule has 10 heteroatoms. The van der Waals surface area contributed by atoms with Gasteiger partial charge in [0, 0.05) is 19.6 Å². The maximum absolute atomic E-state index is 13.4. The molecule has 3 N–H and O–H groups in total. The highest BCUT2D eigenvalue weighted by molar-refractivity contribution is 9.10. The van der Waals surface area contributed by atoms with Gasteiger partial charge < -0.3 is 15.5 Å². The van der Waals surface area contributed by atoms with Gasteiger partial charge in [-0.1, -0.05) is 12.2 Å². The highest BCUT2D eigenvalue weighted by atomic mass is 79.9. The summed E-state index contributed by atoms with van der Waals surface area (Å²) in [5.41, 5.74) is 1.59. The van der Waals surface area contributed by atoms with E-state index >= 15 is 0 Å². The van der Waals surface area contributed by atoms with Gasteiger partial charge in [-0.2, -0.15) is 0 Å². The molecule has 1 fully saturated rings. The molecule has 1 aromatic carbocycles. The van der Waals surface area contributed by atoms with Gasteiger partial charge in [0.25, 0.3) is 5.91 Å². The predicted molar refractivity (Wildman–Crippen MR) is 152 cm³/mol. The average Bonchev–Trinajstić information content (AvgIpc) is 2.86. The smallest absolute Gasteiger partial charge is 0.258 e. The quantitative estimate of drug-likeness (QED) is 0.223. The molecule has 0 saturated carbocycles. The van der Waals surface area contributed by atoms with Crippen molar-refractivity contribution in [2.45, 2.75) is 32.6 Å². The Balaban J connectivity index is 1.87. The molecule has 8 nitrogen and oxygen atoms in total. The number of hydrogen-bond donors (Lipinski definition) is 3. The molecule has 1 amide bonds. The summed E-state index contributed by atoms with van der Waals surface area (Å²) >= 11 is 3.48. The summed E-state index contributed by atoms with van der Waals surface area (Å²) in [5, 5.41) is 6.11. The first-order valence-corrected chi connectivity index (χ1v) is 14.5. The Kier molecular flexibility index (Phi) is 9.95. The number of hydrogen-bond acceptors (Lipinski definition) is 6. The maximum atomic E-state index is 13.4. The maximum Gasteiger partial charge on any atom is 0.258 e. The van der Waals surface area contributed by atoms with Crippen molar-refractivity contribution in [1.82, 2.24) is 4.98 Å². The van der Waals surface area contributed by atoms with Crippen molar-refractivity contribution in [2.24, 2.45) is 5.92 Å². The number of piperidine rings is 1. The van der Waals surface area contributed by atoms with E-state index in [1.807, 2.05) is 18.2 Å². The number of rotatable bonds is 12. The van der Waals surface area contributed by atoms with Crippen LogP contribution in [0.4, 0.5) is 23.0 Å². The summed E-state index contributed by atoms with van der Waals surface area (Å²) in [5.74, 6) is 1.27.